The summed E-state index contributed by atoms with van der Waals surface area (Å²) >= 11 is 0. The molecule has 2 aliphatic rings. The Morgan fingerprint density at radius 3 is 2.05 bits per heavy atom. The molecule has 1 saturated carbocycles. The Bertz CT molecular complexity index is 1070. The van der Waals surface area contributed by atoms with Crippen LogP contribution in [0.25, 0.3) is 0 Å². The van der Waals surface area contributed by atoms with Crippen LogP contribution in [-0.4, -0.2) is 75.8 Å². The average molecular weight is 574 g/mol. The number of benzene rings is 1. The molecule has 0 bridgehead atoms. The molecule has 16 heteroatoms. The summed E-state index contributed by atoms with van der Waals surface area (Å²) in [5.74, 6) is -6.16. The monoisotopic (exact) mass is 574 g/mol. The van der Waals surface area contributed by atoms with Crippen LogP contribution in [-0.2, 0) is 20.9 Å². The molecule has 0 amide bonds. The molecule has 8 nitrogen and oxygen atoms in total. The van der Waals surface area contributed by atoms with Crippen molar-refractivity contribution in [3.8, 4) is 5.88 Å². The minimum Gasteiger partial charge on any atom is -0.475 e. The zero-order chi connectivity index (χ0) is 29.4. The summed E-state index contributed by atoms with van der Waals surface area (Å²) in [6.45, 7) is 2.17. The minimum atomic E-state index is -5.08. The van der Waals surface area contributed by atoms with Crippen molar-refractivity contribution in [2.45, 2.75) is 50.0 Å². The van der Waals surface area contributed by atoms with Crippen LogP contribution in [0.1, 0.15) is 18.4 Å². The summed E-state index contributed by atoms with van der Waals surface area (Å²) in [6.07, 6.45) is -7.23. The quantitative estimate of drug-likeness (QED) is 0.517. The Morgan fingerprint density at radius 1 is 0.974 bits per heavy atom. The highest BCUT2D eigenvalue weighted by atomic mass is 19.4. The fraction of sp³-hybridized carbons (Fsp3) is 0.435. The van der Waals surface area contributed by atoms with Gasteiger partial charge in [0.2, 0.25) is 0 Å². The maximum Gasteiger partial charge on any atom is 0.490 e. The first-order valence-corrected chi connectivity index (χ1v) is 11.1. The van der Waals surface area contributed by atoms with E-state index >= 15 is 0 Å². The van der Waals surface area contributed by atoms with E-state index in [0.717, 1.165) is 31.5 Å². The molecule has 4 rings (SSSR count). The standard InChI is InChI=1S/C19H20F2N2O2.2C2HF3O2/c20-14-5-3-13(4-6-14)12-23-10-11-24-18-16(23)7-8-17(18)25-19-15(21)2-1-9-22-19;2*3-2(4,5)1(6)7/h1-6,9,16-18H,7-8,10-12H2;2*(H,6,7)/t16-,17+,18+;;/m0../s1. The third-order valence-electron chi connectivity index (χ3n) is 5.42. The van der Waals surface area contributed by atoms with Crippen molar-refractivity contribution >= 4 is 11.9 Å². The fourth-order valence-corrected chi connectivity index (χ4v) is 3.74. The van der Waals surface area contributed by atoms with Crippen LogP contribution in [0.15, 0.2) is 42.6 Å². The largest absolute Gasteiger partial charge is 0.490 e. The molecule has 2 heterocycles. The minimum absolute atomic E-state index is 0.0346. The maximum absolute atomic E-state index is 13.8. The number of carboxylic acids is 2. The van der Waals surface area contributed by atoms with Crippen molar-refractivity contribution in [3.05, 3.63) is 59.8 Å². The second-order valence-electron chi connectivity index (χ2n) is 8.13. The zero-order valence-electron chi connectivity index (χ0n) is 19.8. The summed E-state index contributed by atoms with van der Waals surface area (Å²) < 4.78 is 102. The summed E-state index contributed by atoms with van der Waals surface area (Å²) in [4.78, 5) is 24.1. The van der Waals surface area contributed by atoms with Crippen LogP contribution in [0.3, 0.4) is 0 Å². The Balaban J connectivity index is 0.000000317. The molecular weight excluding hydrogens is 552 g/mol. The third-order valence-corrected chi connectivity index (χ3v) is 5.42. The van der Waals surface area contributed by atoms with Gasteiger partial charge in [-0.05, 0) is 42.7 Å². The van der Waals surface area contributed by atoms with Crippen molar-refractivity contribution in [2.24, 2.45) is 0 Å². The number of fused-ring (bicyclic) bond motifs is 1. The Hall–Kier alpha value is -3.53. The van der Waals surface area contributed by atoms with E-state index in [-0.39, 0.29) is 29.9 Å². The predicted octanol–water partition coefficient (Wildman–Crippen LogP) is 4.44. The van der Waals surface area contributed by atoms with Crippen LogP contribution in [0.2, 0.25) is 0 Å². The van der Waals surface area contributed by atoms with Gasteiger partial charge in [-0.25, -0.2) is 23.4 Å². The van der Waals surface area contributed by atoms with Crippen LogP contribution >= 0.6 is 0 Å². The summed E-state index contributed by atoms with van der Waals surface area (Å²) in [6, 6.07) is 9.70. The van der Waals surface area contributed by atoms with E-state index in [1.165, 1.54) is 24.4 Å². The lowest BCUT2D eigenvalue weighted by atomic mass is 10.1. The Kier molecular flexibility index (Phi) is 11.0. The van der Waals surface area contributed by atoms with Crippen LogP contribution in [0.4, 0.5) is 35.1 Å². The van der Waals surface area contributed by atoms with E-state index < -0.39 is 30.1 Å². The lowest BCUT2D eigenvalue weighted by Gasteiger charge is -2.39. The van der Waals surface area contributed by atoms with Crippen molar-refractivity contribution < 1.29 is 64.4 Å². The number of morpholine rings is 1. The third kappa shape index (κ3) is 9.94. The number of hydrogen-bond donors (Lipinski definition) is 2. The number of ether oxygens (including phenoxy) is 2. The topological polar surface area (TPSA) is 109 Å². The maximum atomic E-state index is 13.8. The van der Waals surface area contributed by atoms with Crippen molar-refractivity contribution in [2.75, 3.05) is 13.2 Å². The lowest BCUT2D eigenvalue weighted by Crippen LogP contribution is -2.51. The van der Waals surface area contributed by atoms with Gasteiger partial charge >= 0.3 is 24.3 Å². The number of carbonyl (C=O) groups is 2. The first-order chi connectivity index (χ1) is 18.1. The molecule has 2 fully saturated rings. The van der Waals surface area contributed by atoms with E-state index in [0.29, 0.717) is 6.61 Å². The van der Waals surface area contributed by atoms with E-state index in [2.05, 4.69) is 9.88 Å². The Labute approximate surface area is 215 Å². The molecule has 1 saturated heterocycles. The number of pyridine rings is 1. The van der Waals surface area contributed by atoms with Crippen LogP contribution in [0.5, 0.6) is 5.88 Å². The fourth-order valence-electron chi connectivity index (χ4n) is 3.74. The van der Waals surface area contributed by atoms with Gasteiger partial charge in [-0.1, -0.05) is 12.1 Å². The summed E-state index contributed by atoms with van der Waals surface area (Å²) in [5.41, 5.74) is 1.07. The average Bonchev–Trinajstić information content (AvgIpc) is 3.25. The number of halogens is 8. The molecule has 1 aliphatic carbocycles. The smallest absolute Gasteiger partial charge is 0.475 e. The Morgan fingerprint density at radius 2 is 1.54 bits per heavy atom. The van der Waals surface area contributed by atoms with Crippen LogP contribution < -0.4 is 4.74 Å². The molecule has 216 valence electrons. The summed E-state index contributed by atoms with van der Waals surface area (Å²) in [5, 5.41) is 14.2. The predicted molar refractivity (Wildman–Crippen MR) is 116 cm³/mol. The highest BCUT2D eigenvalue weighted by Crippen LogP contribution is 2.34. The molecule has 1 aliphatic heterocycles. The van der Waals surface area contributed by atoms with Gasteiger partial charge in [0.15, 0.2) is 5.82 Å². The van der Waals surface area contributed by atoms with E-state index in [1.807, 2.05) is 12.1 Å². The molecule has 0 radical (unpaired) electrons. The highest BCUT2D eigenvalue weighted by Gasteiger charge is 2.44. The van der Waals surface area contributed by atoms with E-state index in [1.54, 1.807) is 6.07 Å². The second-order valence-corrected chi connectivity index (χ2v) is 8.13. The van der Waals surface area contributed by atoms with Crippen molar-refractivity contribution in [3.63, 3.8) is 0 Å². The van der Waals surface area contributed by atoms with Gasteiger partial charge in [-0.15, -0.1) is 0 Å². The lowest BCUT2D eigenvalue weighted by molar-refractivity contribution is -0.193. The normalized spacial score (nSPS) is 21.0. The van der Waals surface area contributed by atoms with Crippen molar-refractivity contribution in [1.29, 1.82) is 0 Å². The molecule has 39 heavy (non-hydrogen) atoms. The van der Waals surface area contributed by atoms with Gasteiger partial charge < -0.3 is 19.7 Å². The number of aromatic nitrogens is 1. The zero-order valence-corrected chi connectivity index (χ0v) is 19.8. The van der Waals surface area contributed by atoms with Gasteiger partial charge in [0.05, 0.1) is 6.61 Å². The number of hydrogen-bond acceptors (Lipinski definition) is 6. The summed E-state index contributed by atoms with van der Waals surface area (Å²) in [7, 11) is 0. The van der Waals surface area contributed by atoms with Gasteiger partial charge in [0, 0.05) is 25.3 Å². The number of alkyl halides is 6. The molecule has 1 aromatic heterocycles. The van der Waals surface area contributed by atoms with Gasteiger partial charge in [-0.3, -0.25) is 4.90 Å². The van der Waals surface area contributed by atoms with Gasteiger partial charge in [0.25, 0.3) is 5.88 Å². The molecule has 2 N–H and O–H groups in total. The first-order valence-electron chi connectivity index (χ1n) is 11.1. The van der Waals surface area contributed by atoms with E-state index in [4.69, 9.17) is 29.3 Å². The van der Waals surface area contributed by atoms with Crippen LogP contribution in [0, 0.1) is 11.6 Å². The van der Waals surface area contributed by atoms with Gasteiger partial charge in [-0.2, -0.15) is 26.3 Å². The number of carboxylic acid groups (broad SMARTS) is 2. The molecule has 3 atom stereocenters. The number of nitrogens with zero attached hydrogens (tertiary/aromatic N) is 2. The van der Waals surface area contributed by atoms with E-state index in [9.17, 15) is 35.1 Å². The van der Waals surface area contributed by atoms with Gasteiger partial charge in [0.1, 0.15) is 18.0 Å². The number of rotatable bonds is 4. The number of aliphatic carboxylic acids is 2. The second kappa shape index (κ2) is 13.5. The van der Waals surface area contributed by atoms with Crippen molar-refractivity contribution in [1.82, 2.24) is 9.88 Å². The SMILES string of the molecule is Fc1ccc(CN2CCO[C@H]3[C@H](Oc4ncccc4F)CC[C@@H]32)cc1.O=C(O)C(F)(F)F.O=C(O)C(F)(F)F. The molecule has 2 aromatic rings. The molecule has 1 aromatic carbocycles. The molecule has 0 unspecified atom stereocenters. The molecule has 0 spiro atoms. The molecular formula is C23H22F8N2O6. The highest BCUT2D eigenvalue weighted by molar-refractivity contribution is 5.73. The first kappa shape index (κ1) is 31.7.